The third-order valence-corrected chi connectivity index (χ3v) is 8.13. The van der Waals surface area contributed by atoms with Crippen LogP contribution < -0.4 is 15.5 Å². The fraction of sp³-hybridized carbons (Fsp3) is 0.481. The Hall–Kier alpha value is -3.53. The molecule has 1 amide bonds. The third-order valence-electron chi connectivity index (χ3n) is 8.13. The van der Waals surface area contributed by atoms with Gasteiger partial charge >= 0.3 is 0 Å². The van der Waals surface area contributed by atoms with Crippen molar-refractivity contribution in [3.05, 3.63) is 47.7 Å². The molecule has 0 atom stereocenters. The van der Waals surface area contributed by atoms with E-state index in [1.165, 1.54) is 38.8 Å². The van der Waals surface area contributed by atoms with Crippen LogP contribution in [0.25, 0.3) is 11.4 Å². The van der Waals surface area contributed by atoms with Gasteiger partial charge in [0.2, 0.25) is 5.95 Å². The maximum atomic E-state index is 14.6. The second kappa shape index (κ2) is 10.1. The van der Waals surface area contributed by atoms with Gasteiger partial charge in [-0.3, -0.25) is 4.79 Å². The average molecular weight is 505 g/mol. The van der Waals surface area contributed by atoms with Crippen LogP contribution in [0.5, 0.6) is 0 Å². The number of hydrogen-bond donors (Lipinski definition) is 3. The predicted octanol–water partition coefficient (Wildman–Crippen LogP) is 3.59. The first-order valence-electron chi connectivity index (χ1n) is 13.2. The van der Waals surface area contributed by atoms with Crippen LogP contribution in [0.1, 0.15) is 41.7 Å². The Kier molecular flexibility index (Phi) is 6.50. The third kappa shape index (κ3) is 5.02. The Morgan fingerprint density at radius 2 is 1.78 bits per heavy atom. The van der Waals surface area contributed by atoms with Crippen molar-refractivity contribution >= 4 is 23.4 Å². The highest BCUT2D eigenvalue weighted by Crippen LogP contribution is 2.34. The Morgan fingerprint density at radius 3 is 2.49 bits per heavy atom. The largest absolute Gasteiger partial charge is 0.370 e. The molecule has 3 N–H and O–H groups in total. The van der Waals surface area contributed by atoms with Crippen molar-refractivity contribution in [1.82, 2.24) is 30.2 Å². The van der Waals surface area contributed by atoms with E-state index in [1.54, 1.807) is 6.07 Å². The van der Waals surface area contributed by atoms with Crippen molar-refractivity contribution in [1.29, 1.82) is 0 Å². The maximum Gasteiger partial charge on any atom is 0.253 e. The molecule has 0 aromatic carbocycles. The molecule has 37 heavy (non-hydrogen) atoms. The van der Waals surface area contributed by atoms with Crippen LogP contribution in [-0.4, -0.2) is 70.5 Å². The molecule has 3 aliphatic heterocycles. The van der Waals surface area contributed by atoms with Gasteiger partial charge in [-0.2, -0.15) is 0 Å². The number of fused-ring (bicyclic) bond motifs is 1. The normalized spacial score (nSPS) is 19.5. The van der Waals surface area contributed by atoms with E-state index in [0.717, 1.165) is 42.5 Å². The number of halogens is 1. The van der Waals surface area contributed by atoms with Crippen LogP contribution >= 0.6 is 0 Å². The van der Waals surface area contributed by atoms with Crippen molar-refractivity contribution in [2.45, 2.75) is 32.1 Å². The number of carbonyl (C=O) groups is 1. The molecule has 6 heterocycles. The summed E-state index contributed by atoms with van der Waals surface area (Å²) >= 11 is 0. The van der Waals surface area contributed by atoms with Gasteiger partial charge in [0.25, 0.3) is 5.91 Å². The average Bonchev–Trinajstić information content (AvgIpc) is 3.36. The summed E-state index contributed by atoms with van der Waals surface area (Å²) in [5.41, 5.74) is 3.00. The lowest BCUT2D eigenvalue weighted by atomic mass is 9.79. The van der Waals surface area contributed by atoms with Crippen LogP contribution in [0, 0.1) is 17.7 Å². The summed E-state index contributed by atoms with van der Waals surface area (Å²) in [5, 5.41) is 5.88. The zero-order valence-corrected chi connectivity index (χ0v) is 21.1. The Balaban J connectivity index is 1.10. The van der Waals surface area contributed by atoms with Gasteiger partial charge in [-0.1, -0.05) is 0 Å². The van der Waals surface area contributed by atoms with Crippen LogP contribution in [0.4, 0.5) is 21.8 Å². The van der Waals surface area contributed by atoms with Crippen molar-refractivity contribution in [2.24, 2.45) is 11.8 Å². The molecule has 0 saturated carbocycles. The Labute approximate surface area is 215 Å². The molecule has 3 aliphatic rings. The number of aromatic amines is 1. The number of aromatic nitrogens is 4. The smallest absolute Gasteiger partial charge is 0.253 e. The molecular formula is C27H33FN8O. The number of nitrogens with one attached hydrogen (secondary N) is 3. The number of anilines is 3. The molecule has 3 aromatic heterocycles. The number of H-pyrrole nitrogens is 1. The molecule has 0 bridgehead atoms. The van der Waals surface area contributed by atoms with Gasteiger partial charge in [0.15, 0.2) is 5.82 Å². The van der Waals surface area contributed by atoms with Gasteiger partial charge in [-0.25, -0.2) is 19.3 Å². The van der Waals surface area contributed by atoms with Gasteiger partial charge in [0.1, 0.15) is 11.5 Å². The van der Waals surface area contributed by atoms with Crippen LogP contribution in [-0.2, 0) is 6.42 Å². The standard InChI is InChI=1S/C27H33FN8O/c1-35-10-5-17(6-11-35)18-7-12-36(13-8-18)19-2-3-24(30-15-19)33-27-31-16-21(28)25(34-27)23-14-20-22(32-23)4-9-29-26(20)37/h2-3,14-18,32H,4-13H2,1H3,(H,29,37)(H,30,31,33,34). The molecule has 2 fully saturated rings. The van der Waals surface area contributed by atoms with Crippen molar-refractivity contribution < 1.29 is 9.18 Å². The van der Waals surface area contributed by atoms with Gasteiger partial charge in [0, 0.05) is 31.7 Å². The summed E-state index contributed by atoms with van der Waals surface area (Å²) in [6, 6.07) is 5.61. The zero-order valence-electron chi connectivity index (χ0n) is 21.1. The summed E-state index contributed by atoms with van der Waals surface area (Å²) in [4.78, 5) is 33.1. The zero-order chi connectivity index (χ0) is 25.4. The van der Waals surface area contributed by atoms with E-state index in [0.29, 0.717) is 30.0 Å². The molecule has 6 rings (SSSR count). The first-order chi connectivity index (χ1) is 18.0. The van der Waals surface area contributed by atoms with Gasteiger partial charge in [-0.15, -0.1) is 0 Å². The molecule has 3 aromatic rings. The number of likely N-dealkylation sites (tertiary alicyclic amines) is 1. The van der Waals surface area contributed by atoms with Gasteiger partial charge < -0.3 is 25.4 Å². The van der Waals surface area contributed by atoms with E-state index in [-0.39, 0.29) is 17.5 Å². The van der Waals surface area contributed by atoms with Crippen molar-refractivity contribution in [3.8, 4) is 11.4 Å². The minimum atomic E-state index is -0.559. The lowest BCUT2D eigenvalue weighted by Gasteiger charge is -2.40. The number of piperidine rings is 2. The number of rotatable bonds is 5. The van der Waals surface area contributed by atoms with Gasteiger partial charge in [0.05, 0.1) is 29.3 Å². The monoisotopic (exact) mass is 504 g/mol. The number of hydrogen-bond acceptors (Lipinski definition) is 7. The topological polar surface area (TPSA) is 102 Å². The molecule has 2 saturated heterocycles. The fourth-order valence-corrected chi connectivity index (χ4v) is 5.93. The number of nitrogens with zero attached hydrogens (tertiary/aromatic N) is 5. The van der Waals surface area contributed by atoms with Crippen LogP contribution in [0.2, 0.25) is 0 Å². The van der Waals surface area contributed by atoms with E-state index in [9.17, 15) is 9.18 Å². The van der Waals surface area contributed by atoms with Crippen molar-refractivity contribution in [3.63, 3.8) is 0 Å². The summed E-state index contributed by atoms with van der Waals surface area (Å²) < 4.78 is 14.6. The first-order valence-corrected chi connectivity index (χ1v) is 13.2. The second-order valence-corrected chi connectivity index (χ2v) is 10.5. The molecule has 0 unspecified atom stereocenters. The summed E-state index contributed by atoms with van der Waals surface area (Å²) in [6.07, 6.45) is 8.82. The fourth-order valence-electron chi connectivity index (χ4n) is 5.93. The Morgan fingerprint density at radius 1 is 1.03 bits per heavy atom. The highest BCUT2D eigenvalue weighted by Gasteiger charge is 2.29. The first kappa shape index (κ1) is 23.8. The van der Waals surface area contributed by atoms with Crippen LogP contribution in [0.15, 0.2) is 30.6 Å². The summed E-state index contributed by atoms with van der Waals surface area (Å²) in [5.74, 6) is 1.82. The lowest BCUT2D eigenvalue weighted by Crippen LogP contribution is -2.39. The van der Waals surface area contributed by atoms with E-state index in [2.05, 4.69) is 53.5 Å². The molecule has 0 aliphatic carbocycles. The SMILES string of the molecule is CN1CCC(C2CCN(c3ccc(Nc4ncc(F)c(-c5cc6c([nH]5)CCNC6=O)n4)nc3)CC2)CC1. The minimum Gasteiger partial charge on any atom is -0.370 e. The van der Waals surface area contributed by atoms with E-state index in [4.69, 9.17) is 0 Å². The highest BCUT2D eigenvalue weighted by molar-refractivity contribution is 5.97. The van der Waals surface area contributed by atoms with Gasteiger partial charge in [-0.05, 0) is 75.9 Å². The summed E-state index contributed by atoms with van der Waals surface area (Å²) in [7, 11) is 2.22. The predicted molar refractivity (Wildman–Crippen MR) is 140 cm³/mol. The van der Waals surface area contributed by atoms with Crippen molar-refractivity contribution in [2.75, 3.05) is 50.0 Å². The second-order valence-electron chi connectivity index (χ2n) is 10.5. The number of amides is 1. The molecule has 10 heteroatoms. The quantitative estimate of drug-likeness (QED) is 0.488. The van der Waals surface area contributed by atoms with E-state index < -0.39 is 5.82 Å². The minimum absolute atomic E-state index is 0.115. The highest BCUT2D eigenvalue weighted by atomic mass is 19.1. The van der Waals surface area contributed by atoms with Crippen LogP contribution in [0.3, 0.4) is 0 Å². The molecule has 9 nitrogen and oxygen atoms in total. The number of pyridine rings is 1. The molecule has 0 radical (unpaired) electrons. The number of carbonyl (C=O) groups excluding carboxylic acids is 1. The summed E-state index contributed by atoms with van der Waals surface area (Å²) in [6.45, 7) is 5.14. The molecular weight excluding hydrogens is 471 g/mol. The lowest BCUT2D eigenvalue weighted by molar-refractivity contribution is 0.0946. The Bertz CT molecular complexity index is 1260. The van der Waals surface area contributed by atoms with E-state index >= 15 is 0 Å². The van der Waals surface area contributed by atoms with E-state index in [1.807, 2.05) is 12.3 Å². The molecule has 0 spiro atoms. The maximum absolute atomic E-state index is 14.6. The molecule has 194 valence electrons.